The Morgan fingerprint density at radius 1 is 1.26 bits per heavy atom. The molecule has 0 saturated carbocycles. The number of benzene rings is 2. The lowest BCUT2D eigenvalue weighted by molar-refractivity contribution is 0.612. The summed E-state index contributed by atoms with van der Waals surface area (Å²) in [6, 6.07) is 9.93. The number of halogens is 2. The van der Waals surface area contributed by atoms with Crippen molar-refractivity contribution in [1.82, 2.24) is 4.98 Å². The molecule has 0 spiro atoms. The SMILES string of the molecule is Nc1ccc2nc(Nc3cccc(Cl)c3F)oc2c1. The Kier molecular flexibility index (Phi) is 2.76. The van der Waals surface area contributed by atoms with Gasteiger partial charge >= 0.3 is 0 Å². The summed E-state index contributed by atoms with van der Waals surface area (Å²) in [5.41, 5.74) is 7.59. The van der Waals surface area contributed by atoms with Crippen LogP contribution in [0, 0.1) is 5.82 Å². The molecule has 0 amide bonds. The van der Waals surface area contributed by atoms with Crippen molar-refractivity contribution in [2.75, 3.05) is 11.1 Å². The number of nitrogen functional groups attached to an aromatic ring is 1. The predicted molar refractivity (Wildman–Crippen MR) is 73.1 cm³/mol. The van der Waals surface area contributed by atoms with E-state index in [0.29, 0.717) is 16.8 Å². The van der Waals surface area contributed by atoms with E-state index in [2.05, 4.69) is 10.3 Å². The molecule has 0 radical (unpaired) electrons. The summed E-state index contributed by atoms with van der Waals surface area (Å²) in [5.74, 6) is -0.550. The van der Waals surface area contributed by atoms with E-state index in [9.17, 15) is 4.39 Å². The van der Waals surface area contributed by atoms with Gasteiger partial charge in [0.15, 0.2) is 11.4 Å². The van der Waals surface area contributed by atoms with Gasteiger partial charge in [0.25, 0.3) is 6.01 Å². The smallest absolute Gasteiger partial charge is 0.300 e. The van der Waals surface area contributed by atoms with E-state index in [4.69, 9.17) is 21.8 Å². The Balaban J connectivity index is 1.99. The minimum atomic E-state index is -0.550. The number of aromatic nitrogens is 1. The number of nitrogens with one attached hydrogen (secondary N) is 1. The summed E-state index contributed by atoms with van der Waals surface area (Å²) in [4.78, 5) is 4.18. The summed E-state index contributed by atoms with van der Waals surface area (Å²) >= 11 is 5.70. The van der Waals surface area contributed by atoms with Gasteiger partial charge in [0.2, 0.25) is 0 Å². The molecule has 0 bridgehead atoms. The maximum absolute atomic E-state index is 13.7. The number of hydrogen-bond acceptors (Lipinski definition) is 4. The molecule has 0 saturated heterocycles. The van der Waals surface area contributed by atoms with Crippen LogP contribution in [-0.4, -0.2) is 4.98 Å². The highest BCUT2D eigenvalue weighted by atomic mass is 35.5. The fourth-order valence-corrected chi connectivity index (χ4v) is 1.88. The van der Waals surface area contributed by atoms with Crippen LogP contribution in [0.3, 0.4) is 0 Å². The highest BCUT2D eigenvalue weighted by molar-refractivity contribution is 6.31. The minimum Gasteiger partial charge on any atom is -0.423 e. The molecule has 0 aliphatic rings. The summed E-state index contributed by atoms with van der Waals surface area (Å²) in [6.45, 7) is 0. The van der Waals surface area contributed by atoms with Crippen molar-refractivity contribution in [2.45, 2.75) is 0 Å². The molecule has 0 unspecified atom stereocenters. The molecule has 96 valence electrons. The lowest BCUT2D eigenvalue weighted by atomic mass is 10.3. The van der Waals surface area contributed by atoms with E-state index in [0.717, 1.165) is 0 Å². The van der Waals surface area contributed by atoms with Crippen LogP contribution in [0.4, 0.5) is 21.8 Å². The van der Waals surface area contributed by atoms with Crippen LogP contribution in [0.5, 0.6) is 0 Å². The Morgan fingerprint density at radius 3 is 2.95 bits per heavy atom. The molecule has 3 aromatic rings. The minimum absolute atomic E-state index is 0.0327. The number of nitrogens with zero attached hydrogens (tertiary/aromatic N) is 1. The first kappa shape index (κ1) is 11.8. The largest absolute Gasteiger partial charge is 0.423 e. The lowest BCUT2D eigenvalue weighted by Crippen LogP contribution is -1.94. The van der Waals surface area contributed by atoms with Crippen molar-refractivity contribution in [3.63, 3.8) is 0 Å². The summed E-state index contributed by atoms with van der Waals surface area (Å²) < 4.78 is 19.2. The van der Waals surface area contributed by atoms with Gasteiger partial charge in [-0.3, -0.25) is 0 Å². The third-order valence-electron chi connectivity index (χ3n) is 2.61. The first-order valence-corrected chi connectivity index (χ1v) is 5.88. The number of nitrogens with two attached hydrogens (primary N) is 1. The van der Waals surface area contributed by atoms with Crippen LogP contribution in [0.25, 0.3) is 11.1 Å². The second kappa shape index (κ2) is 4.44. The molecule has 3 rings (SSSR count). The summed E-state index contributed by atoms with van der Waals surface area (Å²) in [7, 11) is 0. The van der Waals surface area contributed by atoms with Crippen LogP contribution in [0.1, 0.15) is 0 Å². The average Bonchev–Trinajstić information content (AvgIpc) is 2.76. The van der Waals surface area contributed by atoms with E-state index in [-0.39, 0.29) is 16.7 Å². The topological polar surface area (TPSA) is 64.1 Å². The molecule has 3 N–H and O–H groups in total. The molecule has 0 fully saturated rings. The highest BCUT2D eigenvalue weighted by Crippen LogP contribution is 2.27. The number of anilines is 3. The zero-order chi connectivity index (χ0) is 13.4. The Morgan fingerprint density at radius 2 is 2.11 bits per heavy atom. The number of rotatable bonds is 2. The van der Waals surface area contributed by atoms with Gasteiger partial charge < -0.3 is 15.5 Å². The second-order valence-corrected chi connectivity index (χ2v) is 4.38. The van der Waals surface area contributed by atoms with Crippen LogP contribution in [0.2, 0.25) is 5.02 Å². The van der Waals surface area contributed by atoms with E-state index in [1.807, 2.05) is 0 Å². The third-order valence-corrected chi connectivity index (χ3v) is 2.90. The molecule has 1 heterocycles. The van der Waals surface area contributed by atoms with Crippen LogP contribution < -0.4 is 11.1 Å². The molecule has 6 heteroatoms. The van der Waals surface area contributed by atoms with E-state index < -0.39 is 5.82 Å². The molecule has 19 heavy (non-hydrogen) atoms. The first-order chi connectivity index (χ1) is 9.13. The molecule has 1 aromatic heterocycles. The van der Waals surface area contributed by atoms with Gasteiger partial charge in [-0.2, -0.15) is 4.98 Å². The third kappa shape index (κ3) is 2.20. The molecule has 0 aliphatic heterocycles. The zero-order valence-electron chi connectivity index (χ0n) is 9.65. The van der Waals surface area contributed by atoms with Gasteiger partial charge in [-0.25, -0.2) is 4.39 Å². The number of oxazole rings is 1. The maximum atomic E-state index is 13.7. The quantitative estimate of drug-likeness (QED) is 0.696. The van der Waals surface area contributed by atoms with Crippen LogP contribution >= 0.6 is 11.6 Å². The highest BCUT2D eigenvalue weighted by Gasteiger charge is 2.10. The fourth-order valence-electron chi connectivity index (χ4n) is 1.71. The van der Waals surface area contributed by atoms with Crippen molar-refractivity contribution >= 4 is 40.1 Å². The van der Waals surface area contributed by atoms with Crippen molar-refractivity contribution in [3.05, 3.63) is 47.2 Å². The maximum Gasteiger partial charge on any atom is 0.300 e. The van der Waals surface area contributed by atoms with Crippen molar-refractivity contribution in [2.24, 2.45) is 0 Å². The molecular weight excluding hydrogens is 269 g/mol. The van der Waals surface area contributed by atoms with E-state index in [1.165, 1.54) is 6.07 Å². The molecule has 2 aromatic carbocycles. The van der Waals surface area contributed by atoms with E-state index in [1.54, 1.807) is 30.3 Å². The van der Waals surface area contributed by atoms with Gasteiger partial charge in [0.05, 0.1) is 10.7 Å². The lowest BCUT2D eigenvalue weighted by Gasteiger charge is -2.03. The van der Waals surface area contributed by atoms with Gasteiger partial charge in [0, 0.05) is 11.8 Å². The monoisotopic (exact) mass is 277 g/mol. The predicted octanol–water partition coefficient (Wildman–Crippen LogP) is 3.95. The average molecular weight is 278 g/mol. The van der Waals surface area contributed by atoms with E-state index >= 15 is 0 Å². The standard InChI is InChI=1S/C13H9ClFN3O/c14-8-2-1-3-10(12(8)15)18-13-17-9-5-4-7(16)6-11(9)19-13/h1-6H,16H2,(H,17,18). The fraction of sp³-hybridized carbons (Fsp3) is 0. The van der Waals surface area contributed by atoms with Crippen LogP contribution in [-0.2, 0) is 0 Å². The molecular formula is C13H9ClFN3O. The van der Waals surface area contributed by atoms with Crippen LogP contribution in [0.15, 0.2) is 40.8 Å². The molecule has 0 aliphatic carbocycles. The summed E-state index contributed by atoms with van der Waals surface area (Å²) in [5, 5.41) is 2.78. The first-order valence-electron chi connectivity index (χ1n) is 5.50. The Labute approximate surface area is 113 Å². The number of hydrogen-bond donors (Lipinski definition) is 2. The van der Waals surface area contributed by atoms with Gasteiger partial charge in [-0.05, 0) is 24.3 Å². The second-order valence-electron chi connectivity index (χ2n) is 3.97. The Bertz CT molecular complexity index is 757. The summed E-state index contributed by atoms with van der Waals surface area (Å²) in [6.07, 6.45) is 0. The van der Waals surface area contributed by atoms with Crippen molar-refractivity contribution in [1.29, 1.82) is 0 Å². The molecule has 0 atom stereocenters. The number of fused-ring (bicyclic) bond motifs is 1. The molecule has 4 nitrogen and oxygen atoms in total. The van der Waals surface area contributed by atoms with Gasteiger partial charge in [0.1, 0.15) is 5.52 Å². The van der Waals surface area contributed by atoms with Crippen molar-refractivity contribution in [3.8, 4) is 0 Å². The zero-order valence-corrected chi connectivity index (χ0v) is 10.4. The van der Waals surface area contributed by atoms with Gasteiger partial charge in [-0.15, -0.1) is 0 Å². The normalized spacial score (nSPS) is 10.8. The Hall–Kier alpha value is -2.27. The van der Waals surface area contributed by atoms with Gasteiger partial charge in [-0.1, -0.05) is 17.7 Å². The van der Waals surface area contributed by atoms with Crippen molar-refractivity contribution < 1.29 is 8.81 Å².